The van der Waals surface area contributed by atoms with Gasteiger partial charge in [0.2, 0.25) is 29.5 Å². The largest absolute Gasteiger partial charge is 0.464 e. The molecule has 9 N–H and O–H groups in total. The molecule has 0 spiro atoms. The number of hydrogen-bond acceptors (Lipinski definition) is 15. The number of hydrogen-bond donors (Lipinski definition) is 8. The Hall–Kier alpha value is -4.48. The summed E-state index contributed by atoms with van der Waals surface area (Å²) in [5, 5.41) is 20.7. The normalized spacial score (nSPS) is 41.1. The van der Waals surface area contributed by atoms with Gasteiger partial charge in [-0.2, -0.15) is 0 Å². The number of carbonyl (C=O) groups is 8. The van der Waals surface area contributed by atoms with E-state index in [-0.39, 0.29) is 146 Å². The standard InChI is InChI=1S/C55H94N8O14/c1-17-72-55(71)50-45(63-37(16)66)32(11)29(8)42(77-50)22-58-52(68)47-34(13)24(3)26(5)40(75-47)20-60-54(70)49-44(62-36(15)65)31(10)28(7)41(76-49)21-57-51(67)46-33(12)23(2)25(4)39(74-46)19-59-53(69)48-43(61-35(14)64)30(9)27(6)38(18-56)73-48/h23-34,38-50H,17-22,56H2,1-16H3,(H,57,67)(H,58,68)(H,59,69)(H,60,70)(H,61,64)(H,62,65)(H,63,66)/t23-,24-,25-,26-,27-,28-,29-,30-,31-,32-,33+,34+,38+,39+,40+,41+,42+,43?,44?,45?,46+,47+,48?,49+,50?/m0/s1. The van der Waals surface area contributed by atoms with Crippen LogP contribution in [-0.2, 0) is 66.8 Å². The van der Waals surface area contributed by atoms with Gasteiger partial charge in [-0.15, -0.1) is 0 Å². The van der Waals surface area contributed by atoms with Gasteiger partial charge < -0.3 is 71.4 Å². The summed E-state index contributed by atoms with van der Waals surface area (Å²) >= 11 is 0. The van der Waals surface area contributed by atoms with Crippen LogP contribution in [0.1, 0.15) is 111 Å². The number of rotatable bonds is 18. The van der Waals surface area contributed by atoms with Gasteiger partial charge in [-0.05, 0) is 77.9 Å². The van der Waals surface area contributed by atoms with E-state index in [0.29, 0.717) is 0 Å². The van der Waals surface area contributed by atoms with E-state index in [2.05, 4.69) is 44.1 Å². The number of nitrogens with one attached hydrogen (secondary N) is 7. The third-order valence-electron chi connectivity index (χ3n) is 18.8. The number of esters is 1. The molecular weight excluding hydrogens is 997 g/mol. The molecule has 5 heterocycles. The molecule has 5 unspecified atom stereocenters. The highest BCUT2D eigenvalue weighted by molar-refractivity contribution is 5.85. The van der Waals surface area contributed by atoms with E-state index in [9.17, 15) is 38.4 Å². The van der Waals surface area contributed by atoms with Crippen molar-refractivity contribution in [2.45, 2.75) is 190 Å². The predicted octanol–water partition coefficient (Wildman–Crippen LogP) is 0.957. The van der Waals surface area contributed by atoms with Crippen molar-refractivity contribution >= 4 is 47.3 Å². The quantitative estimate of drug-likeness (QED) is 0.0887. The van der Waals surface area contributed by atoms with Crippen LogP contribution in [0.15, 0.2) is 0 Å². The van der Waals surface area contributed by atoms with Crippen LogP contribution in [0.4, 0.5) is 0 Å². The Morgan fingerprint density at radius 3 is 0.935 bits per heavy atom. The second-order valence-corrected chi connectivity index (χ2v) is 23.4. The van der Waals surface area contributed by atoms with Crippen molar-refractivity contribution in [1.29, 1.82) is 0 Å². The van der Waals surface area contributed by atoms with Crippen molar-refractivity contribution in [2.75, 3.05) is 39.3 Å². The molecule has 5 saturated heterocycles. The maximum atomic E-state index is 14.3. The Labute approximate surface area is 456 Å². The lowest BCUT2D eigenvalue weighted by molar-refractivity contribution is -0.180. The first kappa shape index (κ1) is 63.4. The zero-order chi connectivity index (χ0) is 57.5. The molecule has 5 aliphatic heterocycles. The van der Waals surface area contributed by atoms with E-state index in [1.807, 2.05) is 76.2 Å². The molecule has 5 rings (SSSR count). The molecule has 7 amide bonds. The van der Waals surface area contributed by atoms with Crippen LogP contribution in [0.3, 0.4) is 0 Å². The summed E-state index contributed by atoms with van der Waals surface area (Å²) in [6.45, 7) is 30.2. The lowest BCUT2D eigenvalue weighted by Crippen LogP contribution is -2.64. The Bertz CT molecular complexity index is 2090. The third kappa shape index (κ3) is 14.9. The topological polar surface area (TPSA) is 302 Å². The van der Waals surface area contributed by atoms with Crippen LogP contribution < -0.4 is 43.0 Å². The molecule has 0 aromatic heterocycles. The second-order valence-electron chi connectivity index (χ2n) is 23.4. The molecule has 0 saturated carbocycles. The highest BCUT2D eigenvalue weighted by Crippen LogP contribution is 2.38. The van der Waals surface area contributed by atoms with E-state index in [1.54, 1.807) is 6.92 Å². The van der Waals surface area contributed by atoms with E-state index in [1.165, 1.54) is 20.8 Å². The summed E-state index contributed by atoms with van der Waals surface area (Å²) in [6, 6.07) is -1.89. The molecule has 0 aromatic carbocycles. The molecule has 22 heteroatoms. The molecule has 22 nitrogen and oxygen atoms in total. The Morgan fingerprint density at radius 1 is 0.364 bits per heavy atom. The van der Waals surface area contributed by atoms with Crippen molar-refractivity contribution in [3.8, 4) is 0 Å². The van der Waals surface area contributed by atoms with Gasteiger partial charge in [0.15, 0.2) is 18.3 Å². The van der Waals surface area contributed by atoms with Crippen molar-refractivity contribution in [3.63, 3.8) is 0 Å². The van der Waals surface area contributed by atoms with E-state index in [0.717, 1.165) is 0 Å². The SMILES string of the molecule is CCOC(=O)C1O[C@H](CNC(=O)[C@@H]2O[C@H](CNC(=O)[C@@H]3O[C@H](CNC(=O)[C@@H]4O[C@H](CNC(=O)C5O[C@H](CN)[C@@H](C)[C@H](C)C5NC(C)=O)[C@@H](C)[C@H](C)[C@H]4C)[C@@H](C)[C@H](C)C3NC(C)=O)[C@@H](C)[C@H](C)[C@H]2C)[C@@H](C)[C@H](C)C1NC(C)=O. The number of carbonyl (C=O) groups excluding carboxylic acids is 8. The van der Waals surface area contributed by atoms with Crippen LogP contribution in [0.5, 0.6) is 0 Å². The number of amides is 7. The average Bonchev–Trinajstić information content (AvgIpc) is 3.37. The maximum Gasteiger partial charge on any atom is 0.337 e. The van der Waals surface area contributed by atoms with Gasteiger partial charge >= 0.3 is 5.97 Å². The monoisotopic (exact) mass is 1090 g/mol. The van der Waals surface area contributed by atoms with Crippen LogP contribution in [0, 0.1) is 71.0 Å². The fraction of sp³-hybridized carbons (Fsp3) is 0.855. The molecule has 25 atom stereocenters. The Balaban J connectivity index is 1.21. The lowest BCUT2D eigenvalue weighted by Gasteiger charge is -2.46. The average molecular weight is 1090 g/mol. The summed E-state index contributed by atoms with van der Waals surface area (Å²) in [5.74, 6) is -4.57. The summed E-state index contributed by atoms with van der Waals surface area (Å²) in [7, 11) is 0. The fourth-order valence-corrected chi connectivity index (χ4v) is 12.3. The first-order valence-electron chi connectivity index (χ1n) is 28.2. The molecule has 5 aliphatic rings. The molecule has 5 fully saturated rings. The molecule has 0 radical (unpaired) electrons. The van der Waals surface area contributed by atoms with Gasteiger partial charge in [-0.25, -0.2) is 4.79 Å². The van der Waals surface area contributed by atoms with E-state index in [4.69, 9.17) is 34.2 Å². The molecule has 0 bridgehead atoms. The zero-order valence-electron chi connectivity index (χ0n) is 48.5. The molecule has 0 aromatic rings. The highest BCUT2D eigenvalue weighted by atomic mass is 16.6. The van der Waals surface area contributed by atoms with Crippen LogP contribution in [-0.4, -0.2) is 166 Å². The van der Waals surface area contributed by atoms with Crippen molar-refractivity contribution in [3.05, 3.63) is 0 Å². The number of nitrogens with two attached hydrogens (primary N) is 1. The van der Waals surface area contributed by atoms with Gasteiger partial charge in [0.25, 0.3) is 11.8 Å². The summed E-state index contributed by atoms with van der Waals surface area (Å²) < 4.78 is 37.2. The van der Waals surface area contributed by atoms with Crippen LogP contribution in [0.2, 0.25) is 0 Å². The first-order chi connectivity index (χ1) is 36.1. The smallest absolute Gasteiger partial charge is 0.337 e. The molecular formula is C55H94N8O14. The minimum absolute atomic E-state index is 0.00139. The maximum absolute atomic E-state index is 14.3. The van der Waals surface area contributed by atoms with E-state index >= 15 is 0 Å². The van der Waals surface area contributed by atoms with Gasteiger partial charge in [0.1, 0.15) is 12.2 Å². The van der Waals surface area contributed by atoms with Crippen molar-refractivity contribution in [1.82, 2.24) is 37.2 Å². The summed E-state index contributed by atoms with van der Waals surface area (Å²) in [4.78, 5) is 106. The van der Waals surface area contributed by atoms with Crippen molar-refractivity contribution in [2.24, 2.45) is 76.7 Å². The molecule has 438 valence electrons. The summed E-state index contributed by atoms with van der Waals surface area (Å²) in [5.41, 5.74) is 6.01. The Morgan fingerprint density at radius 2 is 0.623 bits per heavy atom. The minimum atomic E-state index is -1.15. The highest BCUT2D eigenvalue weighted by Gasteiger charge is 2.51. The first-order valence-corrected chi connectivity index (χ1v) is 28.2. The van der Waals surface area contributed by atoms with E-state index < -0.39 is 90.8 Å². The lowest BCUT2D eigenvalue weighted by atomic mass is 9.76. The Kier molecular flexibility index (Phi) is 22.7. The third-order valence-corrected chi connectivity index (χ3v) is 18.8. The van der Waals surface area contributed by atoms with Gasteiger partial charge in [-0.1, -0.05) is 83.1 Å². The molecule has 77 heavy (non-hydrogen) atoms. The summed E-state index contributed by atoms with van der Waals surface area (Å²) in [6.07, 6.45) is -7.63. The predicted molar refractivity (Wildman–Crippen MR) is 284 cm³/mol. The zero-order valence-corrected chi connectivity index (χ0v) is 48.5. The van der Waals surface area contributed by atoms with Crippen LogP contribution >= 0.6 is 0 Å². The number of ether oxygens (including phenoxy) is 6. The van der Waals surface area contributed by atoms with Gasteiger partial charge in [0, 0.05) is 53.5 Å². The minimum Gasteiger partial charge on any atom is -0.464 e. The second kappa shape index (κ2) is 27.6. The molecule has 0 aliphatic carbocycles. The van der Waals surface area contributed by atoms with Gasteiger partial charge in [-0.3, -0.25) is 33.6 Å². The van der Waals surface area contributed by atoms with Crippen molar-refractivity contribution < 1.29 is 66.8 Å². The fourth-order valence-electron chi connectivity index (χ4n) is 12.3. The van der Waals surface area contributed by atoms with Gasteiger partial charge in [0.05, 0.1) is 55.3 Å². The van der Waals surface area contributed by atoms with Crippen LogP contribution in [0.25, 0.3) is 0 Å².